The Bertz CT molecular complexity index is 1270. The highest BCUT2D eigenvalue weighted by Crippen LogP contribution is 2.29. The van der Waals surface area contributed by atoms with Gasteiger partial charge in [-0.15, -0.1) is 5.10 Å². The summed E-state index contributed by atoms with van der Waals surface area (Å²) >= 11 is 3.54. The molecule has 0 N–H and O–H groups in total. The average molecular weight is 426 g/mol. The van der Waals surface area contributed by atoms with E-state index in [1.165, 1.54) is 5.39 Å². The second-order valence-electron chi connectivity index (χ2n) is 6.55. The normalized spacial score (nSPS) is 11.0. The molecule has 28 heavy (non-hydrogen) atoms. The number of hydrogen-bond donors (Lipinski definition) is 0. The Morgan fingerprint density at radius 2 is 1.39 bits per heavy atom. The molecule has 0 amide bonds. The molecule has 0 bridgehead atoms. The van der Waals surface area contributed by atoms with E-state index in [2.05, 4.69) is 70.5 Å². The van der Waals surface area contributed by atoms with Gasteiger partial charge in [0.25, 0.3) is 0 Å². The van der Waals surface area contributed by atoms with Gasteiger partial charge in [0.05, 0.1) is 5.69 Å². The SMILES string of the molecule is Brc1cccc(-c2nc(-c3ccccc3)n(-c3cccc4ccccc34)n2)c1. The maximum absolute atomic E-state index is 4.91. The lowest BCUT2D eigenvalue weighted by Gasteiger charge is -2.09. The number of hydrogen-bond acceptors (Lipinski definition) is 2. The Kier molecular flexibility index (Phi) is 4.26. The van der Waals surface area contributed by atoms with E-state index in [-0.39, 0.29) is 0 Å². The van der Waals surface area contributed by atoms with Crippen LogP contribution in [0, 0.1) is 0 Å². The minimum atomic E-state index is 0.702. The molecule has 5 rings (SSSR count). The van der Waals surface area contributed by atoms with Crippen LogP contribution in [0.25, 0.3) is 39.2 Å². The predicted octanol–water partition coefficient (Wildman–Crippen LogP) is 6.52. The lowest BCUT2D eigenvalue weighted by molar-refractivity contribution is 0.898. The summed E-state index contributed by atoms with van der Waals surface area (Å²) < 4.78 is 2.96. The van der Waals surface area contributed by atoms with Gasteiger partial charge in [-0.05, 0) is 23.6 Å². The van der Waals surface area contributed by atoms with Crippen molar-refractivity contribution in [2.45, 2.75) is 0 Å². The second-order valence-corrected chi connectivity index (χ2v) is 7.46. The Hall–Kier alpha value is -3.24. The first-order chi connectivity index (χ1) is 13.8. The standard InChI is InChI=1S/C24H16BrN3/c25-20-13-6-12-19(16-20)23-26-24(18-9-2-1-3-10-18)28(27-23)22-15-7-11-17-8-4-5-14-21(17)22/h1-16H. The van der Waals surface area contributed by atoms with Gasteiger partial charge in [0, 0.05) is 21.0 Å². The van der Waals surface area contributed by atoms with E-state index in [9.17, 15) is 0 Å². The largest absolute Gasteiger partial charge is 0.212 e. The minimum absolute atomic E-state index is 0.702. The number of fused-ring (bicyclic) bond motifs is 1. The summed E-state index contributed by atoms with van der Waals surface area (Å²) in [5.41, 5.74) is 3.03. The fourth-order valence-corrected chi connectivity index (χ4v) is 3.80. The van der Waals surface area contributed by atoms with Crippen LogP contribution in [0.1, 0.15) is 0 Å². The van der Waals surface area contributed by atoms with Gasteiger partial charge in [0.2, 0.25) is 0 Å². The summed E-state index contributed by atoms with van der Waals surface area (Å²) in [6.45, 7) is 0. The number of benzene rings is 4. The molecule has 1 aromatic heterocycles. The van der Waals surface area contributed by atoms with Crippen molar-refractivity contribution in [3.05, 3.63) is 102 Å². The van der Waals surface area contributed by atoms with Crippen molar-refractivity contribution in [2.75, 3.05) is 0 Å². The molecular formula is C24H16BrN3. The Morgan fingerprint density at radius 1 is 0.679 bits per heavy atom. The van der Waals surface area contributed by atoms with Gasteiger partial charge in [0.15, 0.2) is 11.6 Å². The quantitative estimate of drug-likeness (QED) is 0.329. The molecule has 4 aromatic carbocycles. The van der Waals surface area contributed by atoms with Crippen molar-refractivity contribution >= 4 is 26.7 Å². The van der Waals surface area contributed by atoms with Gasteiger partial charge in [-0.3, -0.25) is 0 Å². The number of aromatic nitrogens is 3. The monoisotopic (exact) mass is 425 g/mol. The molecule has 134 valence electrons. The van der Waals surface area contributed by atoms with Crippen molar-refractivity contribution < 1.29 is 0 Å². The van der Waals surface area contributed by atoms with E-state index in [0.717, 1.165) is 32.5 Å². The third kappa shape index (κ3) is 3.02. The van der Waals surface area contributed by atoms with Crippen molar-refractivity contribution in [3.63, 3.8) is 0 Å². The molecule has 1 heterocycles. The Morgan fingerprint density at radius 3 is 2.25 bits per heavy atom. The molecule has 0 atom stereocenters. The summed E-state index contributed by atoms with van der Waals surface area (Å²) in [5.74, 6) is 1.53. The molecule has 0 radical (unpaired) electrons. The van der Waals surface area contributed by atoms with Crippen LogP contribution in [0.3, 0.4) is 0 Å². The van der Waals surface area contributed by atoms with Crippen molar-refractivity contribution in [3.8, 4) is 28.5 Å². The lowest BCUT2D eigenvalue weighted by Crippen LogP contribution is -2.00. The molecule has 0 fully saturated rings. The maximum Gasteiger partial charge on any atom is 0.182 e. The van der Waals surface area contributed by atoms with Gasteiger partial charge in [-0.1, -0.05) is 94.8 Å². The first-order valence-corrected chi connectivity index (χ1v) is 9.85. The molecule has 3 nitrogen and oxygen atoms in total. The molecule has 0 spiro atoms. The van der Waals surface area contributed by atoms with E-state index in [1.54, 1.807) is 0 Å². The van der Waals surface area contributed by atoms with Crippen LogP contribution in [0.2, 0.25) is 0 Å². The van der Waals surface area contributed by atoms with Crippen LogP contribution in [-0.2, 0) is 0 Å². The molecular weight excluding hydrogens is 410 g/mol. The maximum atomic E-state index is 4.91. The zero-order chi connectivity index (χ0) is 18.9. The van der Waals surface area contributed by atoms with Crippen LogP contribution in [-0.4, -0.2) is 14.8 Å². The zero-order valence-corrected chi connectivity index (χ0v) is 16.5. The van der Waals surface area contributed by atoms with E-state index in [4.69, 9.17) is 10.1 Å². The smallest absolute Gasteiger partial charge is 0.182 e. The van der Waals surface area contributed by atoms with Gasteiger partial charge >= 0.3 is 0 Å². The van der Waals surface area contributed by atoms with Crippen LogP contribution >= 0.6 is 15.9 Å². The molecule has 0 aliphatic heterocycles. The summed E-state index contributed by atoms with van der Waals surface area (Å²) in [6, 6.07) is 32.9. The zero-order valence-electron chi connectivity index (χ0n) is 15.0. The van der Waals surface area contributed by atoms with Crippen molar-refractivity contribution in [1.29, 1.82) is 0 Å². The molecule has 0 saturated heterocycles. The second kappa shape index (κ2) is 7.06. The summed E-state index contributed by atoms with van der Waals surface area (Å²) in [6.07, 6.45) is 0. The topological polar surface area (TPSA) is 30.7 Å². The minimum Gasteiger partial charge on any atom is -0.212 e. The molecule has 4 heteroatoms. The number of halogens is 1. The average Bonchev–Trinajstić information content (AvgIpc) is 3.19. The molecule has 0 aliphatic carbocycles. The molecule has 0 saturated carbocycles. The van der Waals surface area contributed by atoms with E-state index < -0.39 is 0 Å². The number of nitrogens with zero attached hydrogens (tertiary/aromatic N) is 3. The van der Waals surface area contributed by atoms with Crippen molar-refractivity contribution in [1.82, 2.24) is 14.8 Å². The van der Waals surface area contributed by atoms with E-state index in [0.29, 0.717) is 5.82 Å². The molecule has 0 aliphatic rings. The van der Waals surface area contributed by atoms with Crippen molar-refractivity contribution in [2.24, 2.45) is 0 Å². The van der Waals surface area contributed by atoms with Crippen LogP contribution in [0.15, 0.2) is 102 Å². The fraction of sp³-hybridized carbons (Fsp3) is 0. The summed E-state index contributed by atoms with van der Waals surface area (Å²) in [7, 11) is 0. The van der Waals surface area contributed by atoms with Gasteiger partial charge < -0.3 is 0 Å². The first-order valence-electron chi connectivity index (χ1n) is 9.06. The van der Waals surface area contributed by atoms with E-state index >= 15 is 0 Å². The van der Waals surface area contributed by atoms with Gasteiger partial charge in [0.1, 0.15) is 0 Å². The molecule has 5 aromatic rings. The highest BCUT2D eigenvalue weighted by Gasteiger charge is 2.16. The Labute approximate surface area is 171 Å². The third-order valence-corrected chi connectivity index (χ3v) is 5.21. The summed E-state index contributed by atoms with van der Waals surface area (Å²) in [5, 5.41) is 7.23. The molecule has 0 unspecified atom stereocenters. The lowest BCUT2D eigenvalue weighted by atomic mass is 10.1. The first kappa shape index (κ1) is 16.9. The van der Waals surface area contributed by atoms with Crippen LogP contribution in [0.5, 0.6) is 0 Å². The highest BCUT2D eigenvalue weighted by atomic mass is 79.9. The summed E-state index contributed by atoms with van der Waals surface area (Å²) in [4.78, 5) is 4.91. The third-order valence-electron chi connectivity index (χ3n) is 4.72. The highest BCUT2D eigenvalue weighted by molar-refractivity contribution is 9.10. The van der Waals surface area contributed by atoms with Crippen LogP contribution in [0.4, 0.5) is 0 Å². The Balaban J connectivity index is 1.79. The van der Waals surface area contributed by atoms with E-state index in [1.807, 2.05) is 47.1 Å². The van der Waals surface area contributed by atoms with Gasteiger partial charge in [-0.25, -0.2) is 9.67 Å². The van der Waals surface area contributed by atoms with Crippen LogP contribution < -0.4 is 0 Å². The predicted molar refractivity (Wildman–Crippen MR) is 117 cm³/mol. The number of rotatable bonds is 3. The van der Waals surface area contributed by atoms with Gasteiger partial charge in [-0.2, -0.15) is 0 Å². The fourth-order valence-electron chi connectivity index (χ4n) is 3.40.